The molecule has 0 aliphatic heterocycles. The van der Waals surface area contributed by atoms with E-state index in [0.29, 0.717) is 11.3 Å². The molecule has 0 radical (unpaired) electrons. The number of ether oxygens (including phenoxy) is 1. The van der Waals surface area contributed by atoms with Gasteiger partial charge in [-0.2, -0.15) is 0 Å². The molecule has 2 rings (SSSR count). The molecule has 2 aromatic rings. The summed E-state index contributed by atoms with van der Waals surface area (Å²) in [4.78, 5) is 0. The zero-order valence-electron chi connectivity index (χ0n) is 9.80. The van der Waals surface area contributed by atoms with Gasteiger partial charge < -0.3 is 19.5 Å². The number of nitrogens with zero attached hydrogens (tertiary/aromatic N) is 1. The monoisotopic (exact) mass is 237 g/mol. The van der Waals surface area contributed by atoms with E-state index in [-0.39, 0.29) is 13.0 Å². The van der Waals surface area contributed by atoms with Crippen molar-refractivity contribution in [3.8, 4) is 5.75 Å². The van der Waals surface area contributed by atoms with Gasteiger partial charge in [-0.3, -0.25) is 0 Å². The molecule has 92 valence electrons. The van der Waals surface area contributed by atoms with Crippen LogP contribution in [0.1, 0.15) is 11.3 Å². The minimum atomic E-state index is -0.833. The first-order chi connectivity index (χ1) is 8.17. The Labute approximate surface area is 98.6 Å². The molecule has 1 aromatic heterocycles. The number of aliphatic hydroxyl groups excluding tert-OH is 2. The Bertz CT molecular complexity index is 520. The lowest BCUT2D eigenvalue weighted by Crippen LogP contribution is -2.15. The van der Waals surface area contributed by atoms with Gasteiger partial charge in [-0.05, 0) is 19.1 Å². The number of methoxy groups -OCH3 is 1. The van der Waals surface area contributed by atoms with Crippen molar-refractivity contribution in [2.75, 3.05) is 13.7 Å². The minimum absolute atomic E-state index is 0.269. The Hall–Kier alpha value is -1.59. The van der Waals surface area contributed by atoms with Gasteiger partial charge in [0, 0.05) is 17.4 Å². The topological polar surface area (TPSA) is 75.7 Å². The summed E-state index contributed by atoms with van der Waals surface area (Å²) in [6, 6.07) is 3.68. The molecule has 0 amide bonds. The molecule has 0 saturated carbocycles. The summed E-state index contributed by atoms with van der Waals surface area (Å²) >= 11 is 0. The second-order valence-corrected chi connectivity index (χ2v) is 3.93. The summed E-state index contributed by atoms with van der Waals surface area (Å²) in [7, 11) is 1.55. The van der Waals surface area contributed by atoms with Crippen molar-refractivity contribution >= 4 is 11.0 Å². The largest absolute Gasteiger partial charge is 0.496 e. The van der Waals surface area contributed by atoms with Crippen LogP contribution < -0.4 is 4.74 Å². The first kappa shape index (κ1) is 11.9. The third-order valence-corrected chi connectivity index (χ3v) is 2.75. The maximum absolute atomic E-state index is 9.53. The SMILES string of the molecule is COc1ccc2c(C)noc2c1CC(O)CO. The van der Waals surface area contributed by atoms with E-state index in [2.05, 4.69) is 5.16 Å². The van der Waals surface area contributed by atoms with Crippen LogP contribution in [-0.4, -0.2) is 35.2 Å². The third kappa shape index (κ3) is 2.11. The second-order valence-electron chi connectivity index (χ2n) is 3.93. The van der Waals surface area contributed by atoms with Crippen molar-refractivity contribution in [2.24, 2.45) is 0 Å². The van der Waals surface area contributed by atoms with E-state index >= 15 is 0 Å². The first-order valence-corrected chi connectivity index (χ1v) is 5.38. The minimum Gasteiger partial charge on any atom is -0.496 e. The highest BCUT2D eigenvalue weighted by Gasteiger charge is 2.17. The fourth-order valence-corrected chi connectivity index (χ4v) is 1.85. The number of fused-ring (bicyclic) bond motifs is 1. The lowest BCUT2D eigenvalue weighted by Gasteiger charge is -2.11. The van der Waals surface area contributed by atoms with E-state index in [1.165, 1.54) is 0 Å². The summed E-state index contributed by atoms with van der Waals surface area (Å²) in [6.07, 6.45) is -0.564. The number of aromatic nitrogens is 1. The molecule has 0 saturated heterocycles. The summed E-state index contributed by atoms with van der Waals surface area (Å²) < 4.78 is 10.5. The smallest absolute Gasteiger partial charge is 0.174 e. The van der Waals surface area contributed by atoms with Crippen molar-refractivity contribution in [3.05, 3.63) is 23.4 Å². The molecule has 2 N–H and O–H groups in total. The molecule has 0 aliphatic rings. The van der Waals surface area contributed by atoms with Crippen molar-refractivity contribution in [2.45, 2.75) is 19.4 Å². The number of benzene rings is 1. The van der Waals surface area contributed by atoms with Crippen molar-refractivity contribution < 1.29 is 19.5 Å². The summed E-state index contributed by atoms with van der Waals surface area (Å²) in [5.74, 6) is 0.626. The molecule has 1 unspecified atom stereocenters. The molecule has 0 fully saturated rings. The van der Waals surface area contributed by atoms with Crippen LogP contribution in [0, 0.1) is 6.92 Å². The van der Waals surface area contributed by atoms with Gasteiger partial charge in [0.15, 0.2) is 5.58 Å². The van der Waals surface area contributed by atoms with E-state index in [9.17, 15) is 5.11 Å². The normalized spacial score (nSPS) is 12.9. The predicted molar refractivity (Wildman–Crippen MR) is 62.1 cm³/mol. The highest BCUT2D eigenvalue weighted by Crippen LogP contribution is 2.30. The fraction of sp³-hybridized carbons (Fsp3) is 0.417. The molecule has 5 heteroatoms. The molecule has 0 spiro atoms. The maximum atomic E-state index is 9.53. The van der Waals surface area contributed by atoms with Gasteiger partial charge >= 0.3 is 0 Å². The van der Waals surface area contributed by atoms with Gasteiger partial charge in [-0.25, -0.2) is 0 Å². The van der Waals surface area contributed by atoms with Crippen LogP contribution in [0.5, 0.6) is 5.75 Å². The summed E-state index contributed by atoms with van der Waals surface area (Å²) in [5.41, 5.74) is 2.13. The molecular weight excluding hydrogens is 222 g/mol. The van der Waals surface area contributed by atoms with E-state index in [4.69, 9.17) is 14.4 Å². The highest BCUT2D eigenvalue weighted by atomic mass is 16.5. The molecule has 0 aliphatic carbocycles. The van der Waals surface area contributed by atoms with E-state index in [1.807, 2.05) is 19.1 Å². The molecule has 5 nitrogen and oxygen atoms in total. The van der Waals surface area contributed by atoms with Crippen LogP contribution >= 0.6 is 0 Å². The number of aryl methyl sites for hydroxylation is 1. The van der Waals surface area contributed by atoms with E-state index < -0.39 is 6.10 Å². The first-order valence-electron chi connectivity index (χ1n) is 5.38. The van der Waals surface area contributed by atoms with Crippen LogP contribution in [-0.2, 0) is 6.42 Å². The lowest BCUT2D eigenvalue weighted by atomic mass is 10.0. The zero-order valence-corrected chi connectivity index (χ0v) is 9.80. The molecule has 1 atom stereocenters. The van der Waals surface area contributed by atoms with Gasteiger partial charge in [0.2, 0.25) is 0 Å². The molecular formula is C12H15NO4. The van der Waals surface area contributed by atoms with Crippen LogP contribution in [0.25, 0.3) is 11.0 Å². The molecule has 1 aromatic carbocycles. The predicted octanol–water partition coefficient (Wildman–Crippen LogP) is 1.04. The standard InChI is InChI=1S/C12H15NO4/c1-7-9-3-4-11(16-2)10(5-8(15)6-14)12(9)17-13-7/h3-4,8,14-15H,5-6H2,1-2H3. The maximum Gasteiger partial charge on any atom is 0.174 e. The van der Waals surface area contributed by atoms with Gasteiger partial charge in [0.1, 0.15) is 5.75 Å². The Morgan fingerprint density at radius 1 is 1.47 bits per heavy atom. The number of hydrogen-bond donors (Lipinski definition) is 2. The van der Waals surface area contributed by atoms with Crippen molar-refractivity contribution in [3.63, 3.8) is 0 Å². The Morgan fingerprint density at radius 2 is 2.24 bits per heavy atom. The molecule has 0 bridgehead atoms. The van der Waals surface area contributed by atoms with Gasteiger partial charge in [-0.15, -0.1) is 0 Å². The number of hydrogen-bond acceptors (Lipinski definition) is 5. The highest BCUT2D eigenvalue weighted by molar-refractivity contribution is 5.84. The van der Waals surface area contributed by atoms with Crippen LogP contribution in [0.3, 0.4) is 0 Å². The Kier molecular flexibility index (Phi) is 3.31. The second kappa shape index (κ2) is 4.73. The van der Waals surface area contributed by atoms with E-state index in [1.54, 1.807) is 7.11 Å². The molecule has 17 heavy (non-hydrogen) atoms. The summed E-state index contributed by atoms with van der Waals surface area (Å²) in [5, 5.41) is 23.2. The third-order valence-electron chi connectivity index (χ3n) is 2.75. The number of aliphatic hydroxyl groups is 2. The van der Waals surface area contributed by atoms with E-state index in [0.717, 1.165) is 16.6 Å². The lowest BCUT2D eigenvalue weighted by molar-refractivity contribution is 0.0950. The zero-order chi connectivity index (χ0) is 12.4. The number of rotatable bonds is 4. The van der Waals surface area contributed by atoms with Gasteiger partial charge in [0.05, 0.1) is 25.5 Å². The average molecular weight is 237 g/mol. The fourth-order valence-electron chi connectivity index (χ4n) is 1.85. The Morgan fingerprint density at radius 3 is 2.88 bits per heavy atom. The molecule has 1 heterocycles. The Balaban J connectivity index is 2.55. The van der Waals surface area contributed by atoms with Crippen LogP contribution in [0.15, 0.2) is 16.7 Å². The quantitative estimate of drug-likeness (QED) is 0.831. The van der Waals surface area contributed by atoms with Crippen molar-refractivity contribution in [1.29, 1.82) is 0 Å². The summed E-state index contributed by atoms with van der Waals surface area (Å²) in [6.45, 7) is 1.55. The van der Waals surface area contributed by atoms with Crippen LogP contribution in [0.2, 0.25) is 0 Å². The van der Waals surface area contributed by atoms with Gasteiger partial charge in [0.25, 0.3) is 0 Å². The van der Waals surface area contributed by atoms with Crippen LogP contribution in [0.4, 0.5) is 0 Å². The average Bonchev–Trinajstić information content (AvgIpc) is 2.72. The van der Waals surface area contributed by atoms with Crippen molar-refractivity contribution in [1.82, 2.24) is 5.16 Å². The van der Waals surface area contributed by atoms with Gasteiger partial charge in [-0.1, -0.05) is 5.16 Å².